The Morgan fingerprint density at radius 1 is 1.38 bits per heavy atom. The van der Waals surface area contributed by atoms with Crippen molar-refractivity contribution in [1.82, 2.24) is 0 Å². The van der Waals surface area contributed by atoms with Crippen LogP contribution < -0.4 is 15.2 Å². The van der Waals surface area contributed by atoms with Gasteiger partial charge in [0.05, 0.1) is 19.8 Å². The second-order valence-corrected chi connectivity index (χ2v) is 5.98. The molecule has 21 heavy (non-hydrogen) atoms. The second-order valence-electron chi connectivity index (χ2n) is 5.98. The van der Waals surface area contributed by atoms with Gasteiger partial charge in [0.1, 0.15) is 0 Å². The Bertz CT molecular complexity index is 518. The number of benzene rings is 1. The van der Waals surface area contributed by atoms with Crippen molar-refractivity contribution in [2.75, 3.05) is 13.7 Å². The van der Waals surface area contributed by atoms with Crippen molar-refractivity contribution < 1.29 is 9.47 Å². The average Bonchev–Trinajstić information content (AvgIpc) is 3.26. The van der Waals surface area contributed by atoms with E-state index in [0.29, 0.717) is 13.0 Å². The van der Waals surface area contributed by atoms with Gasteiger partial charge in [-0.25, -0.2) is 0 Å². The Morgan fingerprint density at radius 2 is 2.14 bits per heavy atom. The molecule has 1 aliphatic rings. The van der Waals surface area contributed by atoms with Gasteiger partial charge in [0.25, 0.3) is 0 Å². The summed E-state index contributed by atoms with van der Waals surface area (Å²) in [7, 11) is 1.65. The number of methoxy groups -OCH3 is 1. The van der Waals surface area contributed by atoms with Crippen molar-refractivity contribution in [1.29, 1.82) is 5.26 Å². The Hall–Kier alpha value is -1.73. The fourth-order valence-electron chi connectivity index (χ4n) is 2.35. The molecule has 0 spiro atoms. The highest BCUT2D eigenvalue weighted by Crippen LogP contribution is 2.49. The molecule has 114 valence electrons. The zero-order valence-electron chi connectivity index (χ0n) is 12.9. The van der Waals surface area contributed by atoms with E-state index < -0.39 is 0 Å². The minimum absolute atomic E-state index is 0.0724. The van der Waals surface area contributed by atoms with Crippen molar-refractivity contribution in [3.8, 4) is 17.6 Å². The first-order chi connectivity index (χ1) is 10.1. The van der Waals surface area contributed by atoms with Crippen molar-refractivity contribution in [2.24, 2.45) is 11.1 Å². The minimum Gasteiger partial charge on any atom is -0.493 e. The van der Waals surface area contributed by atoms with Crippen LogP contribution in [-0.4, -0.2) is 19.8 Å². The molecule has 1 saturated carbocycles. The molecule has 2 N–H and O–H groups in total. The summed E-state index contributed by atoms with van der Waals surface area (Å²) in [5.41, 5.74) is 7.22. The fourth-order valence-corrected chi connectivity index (χ4v) is 2.35. The summed E-state index contributed by atoms with van der Waals surface area (Å²) in [4.78, 5) is 0. The lowest BCUT2D eigenvalue weighted by atomic mass is 10.0. The summed E-state index contributed by atoms with van der Waals surface area (Å²) in [5.74, 6) is 1.49. The van der Waals surface area contributed by atoms with Gasteiger partial charge in [-0.2, -0.15) is 5.26 Å². The van der Waals surface area contributed by atoms with E-state index >= 15 is 0 Å². The van der Waals surface area contributed by atoms with E-state index in [1.54, 1.807) is 7.11 Å². The number of nitrogens with two attached hydrogens (primary N) is 1. The summed E-state index contributed by atoms with van der Waals surface area (Å²) in [5, 5.41) is 8.84. The molecule has 0 amide bonds. The molecular formula is C17H24N2O2. The molecule has 4 nitrogen and oxygen atoms in total. The van der Waals surface area contributed by atoms with Gasteiger partial charge in [0.2, 0.25) is 0 Å². The Morgan fingerprint density at radius 3 is 2.71 bits per heavy atom. The molecule has 1 aromatic rings. The normalized spacial score (nSPS) is 16.9. The van der Waals surface area contributed by atoms with E-state index in [1.165, 1.54) is 0 Å². The monoisotopic (exact) mass is 288 g/mol. The van der Waals surface area contributed by atoms with E-state index in [4.69, 9.17) is 20.5 Å². The summed E-state index contributed by atoms with van der Waals surface area (Å²) >= 11 is 0. The highest BCUT2D eigenvalue weighted by molar-refractivity contribution is 5.43. The van der Waals surface area contributed by atoms with Crippen molar-refractivity contribution in [3.05, 3.63) is 23.8 Å². The molecule has 1 aliphatic carbocycles. The van der Waals surface area contributed by atoms with Crippen LogP contribution in [0.15, 0.2) is 18.2 Å². The minimum atomic E-state index is 0.0724. The SMILES string of the molecule is CCC(N)Cc1ccc(OCC2(CC#N)CC2)c(OC)c1. The van der Waals surface area contributed by atoms with E-state index in [0.717, 1.165) is 42.7 Å². The quantitative estimate of drug-likeness (QED) is 0.798. The lowest BCUT2D eigenvalue weighted by Gasteiger charge is -2.16. The molecular weight excluding hydrogens is 264 g/mol. The molecule has 0 radical (unpaired) electrons. The predicted molar refractivity (Wildman–Crippen MR) is 82.4 cm³/mol. The summed E-state index contributed by atoms with van der Waals surface area (Å²) in [6.45, 7) is 2.67. The molecule has 1 atom stereocenters. The van der Waals surface area contributed by atoms with Crippen LogP contribution in [0.25, 0.3) is 0 Å². The Balaban J connectivity index is 2.01. The molecule has 0 aromatic heterocycles. The van der Waals surface area contributed by atoms with Gasteiger partial charge < -0.3 is 15.2 Å². The van der Waals surface area contributed by atoms with Crippen molar-refractivity contribution in [3.63, 3.8) is 0 Å². The lowest BCUT2D eigenvalue weighted by Crippen LogP contribution is -2.21. The van der Waals surface area contributed by atoms with E-state index in [-0.39, 0.29) is 11.5 Å². The van der Waals surface area contributed by atoms with Crippen LogP contribution in [0.5, 0.6) is 11.5 Å². The third-order valence-electron chi connectivity index (χ3n) is 4.20. The topological polar surface area (TPSA) is 68.3 Å². The smallest absolute Gasteiger partial charge is 0.161 e. The van der Waals surface area contributed by atoms with Gasteiger partial charge in [-0.1, -0.05) is 13.0 Å². The number of ether oxygens (including phenoxy) is 2. The molecule has 0 aliphatic heterocycles. The number of nitrogens with zero attached hydrogens (tertiary/aromatic N) is 1. The number of nitriles is 1. The molecule has 0 heterocycles. The Kier molecular flexibility index (Phi) is 5.08. The zero-order chi connectivity index (χ0) is 15.3. The highest BCUT2D eigenvalue weighted by atomic mass is 16.5. The number of rotatable bonds is 8. The van der Waals surface area contributed by atoms with E-state index in [2.05, 4.69) is 13.0 Å². The van der Waals surface area contributed by atoms with E-state index in [1.807, 2.05) is 18.2 Å². The second kappa shape index (κ2) is 6.82. The van der Waals surface area contributed by atoms with Gasteiger partial charge in [0.15, 0.2) is 11.5 Å². The molecule has 1 unspecified atom stereocenters. The molecule has 0 saturated heterocycles. The lowest BCUT2D eigenvalue weighted by molar-refractivity contribution is 0.227. The third-order valence-corrected chi connectivity index (χ3v) is 4.20. The first kappa shape index (κ1) is 15.7. The average molecular weight is 288 g/mol. The Labute approximate surface area is 126 Å². The van der Waals surface area contributed by atoms with Crippen LogP contribution in [-0.2, 0) is 6.42 Å². The predicted octanol–water partition coefficient (Wildman–Crippen LogP) is 3.05. The van der Waals surface area contributed by atoms with Crippen LogP contribution in [0.3, 0.4) is 0 Å². The van der Waals surface area contributed by atoms with Crippen LogP contribution in [0, 0.1) is 16.7 Å². The molecule has 1 fully saturated rings. The van der Waals surface area contributed by atoms with Crippen LogP contribution in [0.1, 0.15) is 38.2 Å². The van der Waals surface area contributed by atoms with Gasteiger partial charge in [-0.05, 0) is 43.4 Å². The fraction of sp³-hybridized carbons (Fsp3) is 0.588. The molecule has 0 bridgehead atoms. The van der Waals surface area contributed by atoms with Crippen LogP contribution in [0.4, 0.5) is 0 Å². The maximum Gasteiger partial charge on any atom is 0.161 e. The molecule has 1 aromatic carbocycles. The largest absolute Gasteiger partial charge is 0.493 e. The highest BCUT2D eigenvalue weighted by Gasteiger charge is 2.43. The maximum atomic E-state index is 8.84. The first-order valence-electron chi connectivity index (χ1n) is 7.55. The number of hydrogen-bond acceptors (Lipinski definition) is 4. The zero-order valence-corrected chi connectivity index (χ0v) is 12.9. The first-order valence-corrected chi connectivity index (χ1v) is 7.55. The van der Waals surface area contributed by atoms with Crippen LogP contribution in [0.2, 0.25) is 0 Å². The number of hydrogen-bond donors (Lipinski definition) is 1. The van der Waals surface area contributed by atoms with Crippen LogP contribution >= 0.6 is 0 Å². The standard InChI is InChI=1S/C17H24N2O2/c1-3-14(19)10-13-4-5-15(16(11-13)20-2)21-12-17(6-7-17)8-9-18/h4-5,11,14H,3,6-8,10,12,19H2,1-2H3. The molecule has 4 heteroatoms. The summed E-state index contributed by atoms with van der Waals surface area (Å²) in [6.07, 6.45) is 4.51. The van der Waals surface area contributed by atoms with Gasteiger partial charge in [-0.3, -0.25) is 0 Å². The van der Waals surface area contributed by atoms with Crippen molar-refractivity contribution >= 4 is 0 Å². The van der Waals surface area contributed by atoms with Crippen molar-refractivity contribution in [2.45, 2.75) is 45.1 Å². The van der Waals surface area contributed by atoms with Gasteiger partial charge >= 0.3 is 0 Å². The van der Waals surface area contributed by atoms with Gasteiger partial charge in [-0.15, -0.1) is 0 Å². The summed E-state index contributed by atoms with van der Waals surface area (Å²) in [6, 6.07) is 8.40. The van der Waals surface area contributed by atoms with Gasteiger partial charge in [0, 0.05) is 17.9 Å². The third kappa shape index (κ3) is 4.12. The summed E-state index contributed by atoms with van der Waals surface area (Å²) < 4.78 is 11.3. The van der Waals surface area contributed by atoms with E-state index in [9.17, 15) is 0 Å². The maximum absolute atomic E-state index is 8.84. The molecule has 2 rings (SSSR count).